The van der Waals surface area contributed by atoms with Gasteiger partial charge in [0.1, 0.15) is 0 Å². The number of amides is 2. The Kier molecular flexibility index (Phi) is 7.44. The van der Waals surface area contributed by atoms with Gasteiger partial charge in [0.05, 0.1) is 17.3 Å². The molecule has 156 valence electrons. The molecule has 1 N–H and O–H groups in total. The van der Waals surface area contributed by atoms with Crippen LogP contribution in [0.5, 0.6) is 0 Å². The molecule has 0 saturated carbocycles. The Labute approximate surface area is 173 Å². The Hall–Kier alpha value is -2.63. The number of nitrogens with one attached hydrogen (secondary N) is 1. The summed E-state index contributed by atoms with van der Waals surface area (Å²) in [4.78, 5) is 26.5. The molecule has 1 aliphatic heterocycles. The highest BCUT2D eigenvalue weighted by Gasteiger charge is 2.27. The van der Waals surface area contributed by atoms with Crippen molar-refractivity contribution in [1.29, 1.82) is 0 Å². The maximum atomic E-state index is 12.5. The van der Waals surface area contributed by atoms with Crippen LogP contribution in [0.15, 0.2) is 36.5 Å². The number of hydrogen-bond acceptors (Lipinski definition) is 3. The van der Waals surface area contributed by atoms with Gasteiger partial charge in [-0.2, -0.15) is 5.10 Å². The summed E-state index contributed by atoms with van der Waals surface area (Å²) in [5, 5.41) is 7.67. The van der Waals surface area contributed by atoms with Gasteiger partial charge in [0.2, 0.25) is 11.8 Å². The van der Waals surface area contributed by atoms with Crippen LogP contribution in [0.3, 0.4) is 0 Å². The minimum Gasteiger partial charge on any atom is -0.356 e. The zero-order valence-electron chi connectivity index (χ0n) is 17.6. The first-order chi connectivity index (χ1) is 14.1. The third-order valence-corrected chi connectivity index (χ3v) is 5.55. The molecule has 1 aromatic heterocycles. The summed E-state index contributed by atoms with van der Waals surface area (Å²) in [6.07, 6.45) is 7.03. The standard InChI is InChI=1S/C23H32N4O2/c1-3-9-22(28)26-15-8-11-20(16-26)23(29)24-14-7-10-19-17-27(25-18(19)2)21-12-5-4-6-13-21/h4-6,12-13,17,20H,3,7-11,14-16H2,1-2H3,(H,24,29). The highest BCUT2D eigenvalue weighted by Crippen LogP contribution is 2.18. The van der Waals surface area contributed by atoms with E-state index in [-0.39, 0.29) is 17.7 Å². The summed E-state index contributed by atoms with van der Waals surface area (Å²) in [5.74, 6) is 0.179. The second-order valence-corrected chi connectivity index (χ2v) is 7.84. The van der Waals surface area contributed by atoms with Crippen LogP contribution >= 0.6 is 0 Å². The van der Waals surface area contributed by atoms with Crippen LogP contribution in [-0.2, 0) is 16.0 Å². The zero-order chi connectivity index (χ0) is 20.6. The van der Waals surface area contributed by atoms with E-state index in [4.69, 9.17) is 0 Å². The number of hydrogen-bond donors (Lipinski definition) is 1. The summed E-state index contributed by atoms with van der Waals surface area (Å²) >= 11 is 0. The molecule has 2 aromatic rings. The van der Waals surface area contributed by atoms with E-state index < -0.39 is 0 Å². The summed E-state index contributed by atoms with van der Waals surface area (Å²) in [6.45, 7) is 6.03. The number of para-hydroxylation sites is 1. The predicted octanol–water partition coefficient (Wildman–Crippen LogP) is 3.27. The Morgan fingerprint density at radius 3 is 2.79 bits per heavy atom. The lowest BCUT2D eigenvalue weighted by Crippen LogP contribution is -2.45. The van der Waals surface area contributed by atoms with Crippen LogP contribution in [-0.4, -0.2) is 46.1 Å². The minimum atomic E-state index is -0.0767. The average Bonchev–Trinajstić information content (AvgIpc) is 3.12. The first-order valence-electron chi connectivity index (χ1n) is 10.7. The summed E-state index contributed by atoms with van der Waals surface area (Å²) < 4.78 is 1.91. The van der Waals surface area contributed by atoms with Crippen LogP contribution < -0.4 is 5.32 Å². The molecule has 3 rings (SSSR count). The van der Waals surface area contributed by atoms with Crippen molar-refractivity contribution < 1.29 is 9.59 Å². The van der Waals surface area contributed by atoms with E-state index in [1.54, 1.807) is 0 Å². The fourth-order valence-electron chi connectivity index (χ4n) is 3.88. The maximum absolute atomic E-state index is 12.5. The van der Waals surface area contributed by atoms with Gasteiger partial charge in [-0.25, -0.2) is 4.68 Å². The first-order valence-corrected chi connectivity index (χ1v) is 10.7. The van der Waals surface area contributed by atoms with E-state index in [1.807, 2.05) is 53.8 Å². The Balaban J connectivity index is 1.44. The number of aromatic nitrogens is 2. The molecule has 0 radical (unpaired) electrons. The molecule has 1 aromatic carbocycles. The smallest absolute Gasteiger partial charge is 0.224 e. The minimum absolute atomic E-state index is 0.0767. The van der Waals surface area contributed by atoms with Crippen molar-refractivity contribution >= 4 is 11.8 Å². The monoisotopic (exact) mass is 396 g/mol. The zero-order valence-corrected chi connectivity index (χ0v) is 17.6. The Morgan fingerprint density at radius 2 is 2.03 bits per heavy atom. The average molecular weight is 397 g/mol. The van der Waals surface area contributed by atoms with Gasteiger partial charge in [-0.05, 0) is 56.7 Å². The molecule has 2 heterocycles. The summed E-state index contributed by atoms with van der Waals surface area (Å²) in [5.41, 5.74) is 3.28. The molecule has 6 nitrogen and oxygen atoms in total. The van der Waals surface area contributed by atoms with Crippen molar-refractivity contribution in [3.8, 4) is 5.69 Å². The van der Waals surface area contributed by atoms with Gasteiger partial charge >= 0.3 is 0 Å². The Bertz CT molecular complexity index is 816. The largest absolute Gasteiger partial charge is 0.356 e. The van der Waals surface area contributed by atoms with Gasteiger partial charge < -0.3 is 10.2 Å². The van der Waals surface area contributed by atoms with Crippen molar-refractivity contribution in [3.63, 3.8) is 0 Å². The van der Waals surface area contributed by atoms with Crippen LogP contribution in [0.2, 0.25) is 0 Å². The summed E-state index contributed by atoms with van der Waals surface area (Å²) in [7, 11) is 0. The van der Waals surface area contributed by atoms with Crippen LogP contribution in [0, 0.1) is 12.8 Å². The van der Waals surface area contributed by atoms with Gasteiger partial charge in [0.25, 0.3) is 0 Å². The normalized spacial score (nSPS) is 16.6. The second kappa shape index (κ2) is 10.2. The molecule has 1 aliphatic rings. The molecule has 1 unspecified atom stereocenters. The number of carbonyl (C=O) groups is 2. The lowest BCUT2D eigenvalue weighted by molar-refractivity contribution is -0.135. The molecular weight excluding hydrogens is 364 g/mol. The fourth-order valence-corrected chi connectivity index (χ4v) is 3.88. The van der Waals surface area contributed by atoms with E-state index in [2.05, 4.69) is 16.6 Å². The maximum Gasteiger partial charge on any atom is 0.224 e. The number of carbonyl (C=O) groups excluding carboxylic acids is 2. The molecule has 2 amide bonds. The second-order valence-electron chi connectivity index (χ2n) is 7.84. The van der Waals surface area contributed by atoms with Crippen LogP contribution in [0.1, 0.15) is 50.3 Å². The number of aryl methyl sites for hydroxylation is 2. The molecule has 0 aliphatic carbocycles. The van der Waals surface area contributed by atoms with E-state index in [1.165, 1.54) is 5.56 Å². The van der Waals surface area contributed by atoms with Gasteiger partial charge in [0, 0.05) is 32.3 Å². The number of benzene rings is 1. The van der Waals surface area contributed by atoms with Crippen molar-refractivity contribution in [2.45, 2.75) is 52.4 Å². The van der Waals surface area contributed by atoms with E-state index in [0.717, 1.165) is 50.0 Å². The molecular formula is C23H32N4O2. The third kappa shape index (κ3) is 5.68. The van der Waals surface area contributed by atoms with Gasteiger partial charge in [-0.15, -0.1) is 0 Å². The Morgan fingerprint density at radius 1 is 1.24 bits per heavy atom. The van der Waals surface area contributed by atoms with E-state index in [9.17, 15) is 9.59 Å². The molecule has 0 spiro atoms. The topological polar surface area (TPSA) is 67.2 Å². The van der Waals surface area contributed by atoms with Gasteiger partial charge in [-0.3, -0.25) is 9.59 Å². The highest BCUT2D eigenvalue weighted by atomic mass is 16.2. The molecule has 6 heteroatoms. The van der Waals surface area contributed by atoms with Crippen molar-refractivity contribution in [1.82, 2.24) is 20.0 Å². The molecule has 29 heavy (non-hydrogen) atoms. The van der Waals surface area contributed by atoms with Gasteiger partial charge in [0.15, 0.2) is 0 Å². The van der Waals surface area contributed by atoms with Crippen molar-refractivity contribution in [2.75, 3.05) is 19.6 Å². The van der Waals surface area contributed by atoms with Crippen LogP contribution in [0.4, 0.5) is 0 Å². The number of rotatable bonds is 8. The lowest BCUT2D eigenvalue weighted by Gasteiger charge is -2.32. The van der Waals surface area contributed by atoms with Crippen molar-refractivity contribution in [3.05, 3.63) is 47.8 Å². The number of nitrogens with zero attached hydrogens (tertiary/aromatic N) is 3. The van der Waals surface area contributed by atoms with E-state index in [0.29, 0.717) is 19.5 Å². The lowest BCUT2D eigenvalue weighted by atomic mass is 9.96. The molecule has 1 atom stereocenters. The molecule has 1 fully saturated rings. The quantitative estimate of drug-likeness (QED) is 0.697. The molecule has 1 saturated heterocycles. The summed E-state index contributed by atoms with van der Waals surface area (Å²) in [6, 6.07) is 10.1. The first kappa shape index (κ1) is 21.1. The van der Waals surface area contributed by atoms with Gasteiger partial charge in [-0.1, -0.05) is 25.1 Å². The van der Waals surface area contributed by atoms with E-state index >= 15 is 0 Å². The van der Waals surface area contributed by atoms with Crippen molar-refractivity contribution in [2.24, 2.45) is 5.92 Å². The third-order valence-electron chi connectivity index (χ3n) is 5.55. The number of likely N-dealkylation sites (tertiary alicyclic amines) is 1. The SMILES string of the molecule is CCCC(=O)N1CCCC(C(=O)NCCCc2cn(-c3ccccc3)nc2C)C1. The fraction of sp³-hybridized carbons (Fsp3) is 0.522. The number of piperidine rings is 1. The predicted molar refractivity (Wildman–Crippen MR) is 114 cm³/mol. The van der Waals surface area contributed by atoms with Crippen LogP contribution in [0.25, 0.3) is 5.69 Å². The highest BCUT2D eigenvalue weighted by molar-refractivity contribution is 5.81. The molecule has 0 bridgehead atoms.